The molecule has 0 saturated heterocycles. The predicted molar refractivity (Wildman–Crippen MR) is 595 cm³/mol. The number of rotatable bonds is 0. The Balaban J connectivity index is 0.0000000823. The summed E-state index contributed by atoms with van der Waals surface area (Å²) < 4.78 is 15.8. The van der Waals surface area contributed by atoms with Gasteiger partial charge in [-0.25, -0.2) is 0 Å². The average molecular weight is 1800 g/mol. The van der Waals surface area contributed by atoms with E-state index >= 15 is 0 Å². The zero-order valence-electron chi connectivity index (χ0n) is 77.8. The smallest absolute Gasteiger partial charge is 0.145 e. The number of hydrogen-bond donors (Lipinski definition) is 1. The molecule has 3 nitrogen and oxygen atoms in total. The highest BCUT2D eigenvalue weighted by molar-refractivity contribution is 7.26. The Morgan fingerprint density at radius 2 is 0.643 bits per heavy atom. The average Bonchev–Trinajstić information content (AvgIpc) is 1.52. The highest BCUT2D eigenvalue weighted by atomic mass is 32.1. The number of benzene rings is 24. The van der Waals surface area contributed by atoms with Crippen LogP contribution in [0.1, 0.15) is 94.5 Å². The van der Waals surface area contributed by atoms with Crippen molar-refractivity contribution in [1.82, 2.24) is 4.98 Å². The summed E-state index contributed by atoms with van der Waals surface area (Å²) in [6.45, 7) is 9.66. The van der Waals surface area contributed by atoms with Crippen LogP contribution in [0.4, 0.5) is 0 Å². The van der Waals surface area contributed by atoms with E-state index in [0.29, 0.717) is 0 Å². The molecule has 0 radical (unpaired) electrons. The van der Waals surface area contributed by atoms with Crippen LogP contribution in [0.2, 0.25) is 0 Å². The van der Waals surface area contributed by atoms with E-state index in [1.54, 1.807) is 0 Å². The second-order valence-electron chi connectivity index (χ2n) is 40.4. The molecule has 0 unspecified atom stereocenters. The third-order valence-electron chi connectivity index (χ3n) is 32.4. The lowest BCUT2D eigenvalue weighted by molar-refractivity contribution is 0.660. The van der Waals surface area contributed by atoms with Crippen LogP contribution in [-0.4, -0.2) is 4.98 Å². The van der Waals surface area contributed by atoms with Crippen molar-refractivity contribution < 1.29 is 8.83 Å². The standard InChI is InChI=1S/C30H22.C27H16O.C27H16S.C26H15NO.C26H20/c1-30(2)28-21-12-6-3-9-18(21)15-16-24(28)27-25-17-19-10-4-5-11-20(19)26(25)22-13-7-8-14-23(22)29(27)30;1-2-8-17-16(7-1)15-24-20(17)13-14-23-25-21-11-5-3-9-18(21)19-10-4-6-12-22(19)27(25)28-26(23)24;1-2-8-17-14-22-18(13-16(17)7-1)15-23-25(22)19-9-3-4-10-20(19)27-26(23)21-11-5-6-12-24(21)28-27;1-2-8-16-15(7-1)13-14-20-22-17-9-3-4-10-18(17)26-23(25(22)27-24(16)20)19-11-5-6-12-21(19)28-26;1-26(2)24-19-10-6-3-7-16(19)11-12-21(24)22-14-13-20-18-9-5-4-8-17(18)15-23(20)25(22)26/h3-16H,17H2,1-2H3;2*1-14H,15H2;1-14,27H;3-14H,15H2,1-2H3. The third kappa shape index (κ3) is 11.3. The molecule has 0 fully saturated rings. The molecule has 140 heavy (non-hydrogen) atoms. The Hall–Kier alpha value is -16.8. The summed E-state index contributed by atoms with van der Waals surface area (Å²) in [6, 6.07) is 150. The van der Waals surface area contributed by atoms with E-state index in [1.807, 2.05) is 23.5 Å². The van der Waals surface area contributed by atoms with Gasteiger partial charge >= 0.3 is 0 Å². The number of thiophene rings is 1. The fraction of sp³-hybridized carbons (Fsp3) is 0.0735. The van der Waals surface area contributed by atoms with Gasteiger partial charge < -0.3 is 13.8 Å². The molecule has 28 aromatic rings. The Morgan fingerprint density at radius 3 is 1.34 bits per heavy atom. The zero-order chi connectivity index (χ0) is 92.2. The molecule has 4 heteroatoms. The first-order valence-corrected chi connectivity index (χ1v) is 50.2. The minimum absolute atomic E-state index is 0.0267. The molecule has 0 aliphatic heterocycles. The first kappa shape index (κ1) is 79.5. The van der Waals surface area contributed by atoms with E-state index in [9.17, 15) is 0 Å². The van der Waals surface area contributed by atoms with E-state index in [2.05, 4.69) is 433 Å². The summed E-state index contributed by atoms with van der Waals surface area (Å²) in [5.41, 5.74) is 41.0. The third-order valence-corrected chi connectivity index (χ3v) is 33.6. The summed E-state index contributed by atoms with van der Waals surface area (Å²) >= 11 is 1.94. The van der Waals surface area contributed by atoms with Crippen molar-refractivity contribution in [1.29, 1.82) is 0 Å². The van der Waals surface area contributed by atoms with Gasteiger partial charge in [-0.2, -0.15) is 0 Å². The van der Waals surface area contributed by atoms with Gasteiger partial charge in [0.1, 0.15) is 22.3 Å². The number of aromatic nitrogens is 1. The molecule has 0 atom stereocenters. The molecule has 0 saturated carbocycles. The molecule has 0 amide bonds. The van der Waals surface area contributed by atoms with Crippen LogP contribution >= 0.6 is 11.3 Å². The normalized spacial score (nSPS) is 13.7. The van der Waals surface area contributed by atoms with Gasteiger partial charge in [0.2, 0.25) is 0 Å². The Morgan fingerprint density at radius 1 is 0.214 bits per heavy atom. The van der Waals surface area contributed by atoms with Crippen LogP contribution in [0.15, 0.2) is 421 Å². The highest BCUT2D eigenvalue weighted by Crippen LogP contribution is 2.62. The van der Waals surface area contributed by atoms with Gasteiger partial charge in [-0.1, -0.05) is 416 Å². The second-order valence-corrected chi connectivity index (χ2v) is 41.4. The number of fused-ring (bicyclic) bond motifs is 56. The fourth-order valence-electron chi connectivity index (χ4n) is 26.7. The van der Waals surface area contributed by atoms with Gasteiger partial charge in [0.05, 0.1) is 16.4 Å². The second kappa shape index (κ2) is 29.9. The van der Waals surface area contributed by atoms with Crippen molar-refractivity contribution in [2.75, 3.05) is 0 Å². The Labute approximate surface area is 812 Å². The molecule has 4 heterocycles. The van der Waals surface area contributed by atoms with Crippen LogP contribution in [0.25, 0.3) is 250 Å². The van der Waals surface area contributed by atoms with Crippen LogP contribution in [0, 0.1) is 0 Å². The van der Waals surface area contributed by atoms with Gasteiger partial charge in [-0.15, -0.1) is 11.3 Å². The van der Waals surface area contributed by atoms with E-state index < -0.39 is 0 Å². The molecule has 0 bridgehead atoms. The van der Waals surface area contributed by atoms with Crippen molar-refractivity contribution in [3.8, 4) is 66.8 Å². The maximum Gasteiger partial charge on any atom is 0.145 e. The minimum Gasteiger partial charge on any atom is -0.455 e. The predicted octanol–water partition coefficient (Wildman–Crippen LogP) is 37.5. The van der Waals surface area contributed by atoms with E-state index in [4.69, 9.17) is 8.83 Å². The number of H-pyrrole nitrogens is 1. The lowest BCUT2D eigenvalue weighted by atomic mass is 9.77. The van der Waals surface area contributed by atoms with Gasteiger partial charge in [0.15, 0.2) is 0 Å². The summed E-state index contributed by atoms with van der Waals surface area (Å²) in [7, 11) is 0. The summed E-state index contributed by atoms with van der Waals surface area (Å²) in [5, 5.41) is 33.8. The highest BCUT2D eigenvalue weighted by Gasteiger charge is 2.44. The topological polar surface area (TPSA) is 42.1 Å². The summed E-state index contributed by atoms with van der Waals surface area (Å²) in [6.07, 6.45) is 4.06. The van der Waals surface area contributed by atoms with Crippen molar-refractivity contribution in [3.63, 3.8) is 0 Å². The number of furan rings is 2. The molecule has 1 N–H and O–H groups in total. The molecule has 0 spiro atoms. The number of hydrogen-bond acceptors (Lipinski definition) is 3. The van der Waals surface area contributed by atoms with Crippen LogP contribution < -0.4 is 0 Å². The largest absolute Gasteiger partial charge is 0.455 e. The molecular weight excluding hydrogens is 1710 g/mol. The van der Waals surface area contributed by atoms with Gasteiger partial charge in [0, 0.05) is 91.5 Å². The van der Waals surface area contributed by atoms with Crippen molar-refractivity contribution in [2.45, 2.75) is 64.2 Å². The number of para-hydroxylation sites is 1. The van der Waals surface area contributed by atoms with Crippen LogP contribution in [0.5, 0.6) is 0 Å². The zero-order valence-corrected chi connectivity index (χ0v) is 78.6. The van der Waals surface area contributed by atoms with Gasteiger partial charge in [0.25, 0.3) is 0 Å². The number of aromatic amines is 1. The summed E-state index contributed by atoms with van der Waals surface area (Å²) in [4.78, 5) is 3.77. The molecule has 656 valence electrons. The lowest BCUT2D eigenvalue weighted by Gasteiger charge is -2.25. The van der Waals surface area contributed by atoms with Crippen molar-refractivity contribution in [2.24, 2.45) is 0 Å². The Bertz CT molecular complexity index is 10400. The summed E-state index contributed by atoms with van der Waals surface area (Å²) in [5.74, 6) is 0. The van der Waals surface area contributed by atoms with Gasteiger partial charge in [-0.05, 0) is 247 Å². The number of nitrogens with one attached hydrogen (secondary N) is 1. The quantitative estimate of drug-likeness (QED) is 0.154. The Kier molecular flexibility index (Phi) is 17.0. The SMILES string of the molecule is CC1(C)c2c(ccc3c2Cc2ccccc2-3)-c2ccc3ccccc3c21.CC1(C)c2c(ccc3ccccc23)-c2c3c(c4ccccc4c21)-c1ccccc1C3.c1ccc2c(c1)Cc1c-2ccc2c1oc1c3ccccc3c3ccccc3c21.c1ccc2c(c1)ccc1c2[nH]c2c1c1ccccc1c1oc3ccccc3c21.c1ccc2cc3c(cc2c1)Cc1c-3c2ccccc2c2sc3ccccc3c12. The van der Waals surface area contributed by atoms with E-state index in [-0.39, 0.29) is 10.8 Å². The monoisotopic (exact) mass is 1800 g/mol. The molecular formula is C136H89NO2S. The fourth-order valence-corrected chi connectivity index (χ4v) is 28.0. The van der Waals surface area contributed by atoms with E-state index in [0.717, 1.165) is 64.3 Å². The molecule has 34 rings (SSSR count). The van der Waals surface area contributed by atoms with Crippen LogP contribution in [-0.2, 0) is 36.5 Å². The van der Waals surface area contributed by atoms with E-state index in [1.165, 1.54) is 278 Å². The minimum atomic E-state index is -0.0328. The molecule has 4 aromatic heterocycles. The molecule has 6 aliphatic rings. The maximum absolute atomic E-state index is 6.65. The van der Waals surface area contributed by atoms with Gasteiger partial charge in [-0.3, -0.25) is 0 Å². The maximum atomic E-state index is 6.65. The molecule has 24 aromatic carbocycles. The molecule has 6 aliphatic carbocycles. The first-order chi connectivity index (χ1) is 69.0. The lowest BCUT2D eigenvalue weighted by Crippen LogP contribution is -2.17. The first-order valence-electron chi connectivity index (χ1n) is 49.3. The van der Waals surface area contributed by atoms with Crippen LogP contribution in [0.3, 0.4) is 0 Å². The van der Waals surface area contributed by atoms with Crippen molar-refractivity contribution in [3.05, 3.63) is 479 Å². The van der Waals surface area contributed by atoms with Crippen molar-refractivity contribution >= 4 is 194 Å².